The summed E-state index contributed by atoms with van der Waals surface area (Å²) >= 11 is 5.22. The molecule has 6 heteroatoms. The van der Waals surface area contributed by atoms with Crippen LogP contribution in [0.3, 0.4) is 0 Å². The van der Waals surface area contributed by atoms with Crippen molar-refractivity contribution in [3.05, 3.63) is 0 Å². The second kappa shape index (κ2) is 4.12. The Hall–Kier alpha value is 0.160. The highest BCUT2D eigenvalue weighted by atomic mass is 35.5. The number of halogens is 1. The van der Waals surface area contributed by atoms with Gasteiger partial charge in [-0.05, 0) is 6.42 Å². The summed E-state index contributed by atoms with van der Waals surface area (Å²) in [5, 5.41) is 0. The zero-order chi connectivity index (χ0) is 8.20. The van der Waals surface area contributed by atoms with Crippen molar-refractivity contribution in [3.63, 3.8) is 0 Å². The molecule has 0 amide bonds. The summed E-state index contributed by atoms with van der Waals surface area (Å²) < 4.78 is 29.9. The van der Waals surface area contributed by atoms with E-state index < -0.39 is 10.3 Å². The van der Waals surface area contributed by atoms with Crippen LogP contribution >= 0.6 is 11.6 Å². The fraction of sp³-hybridized carbons (Fsp3) is 1.00. The number of hydrogen-bond acceptors (Lipinski definition) is 2. The Labute approximate surface area is 65.7 Å². The van der Waals surface area contributed by atoms with Gasteiger partial charge in [-0.1, -0.05) is 6.92 Å². The summed E-state index contributed by atoms with van der Waals surface area (Å²) in [5.74, 6) is 0. The van der Waals surface area contributed by atoms with Gasteiger partial charge in [-0.2, -0.15) is 12.7 Å². The molecule has 0 bridgehead atoms. The Morgan fingerprint density at radius 2 is 2.10 bits per heavy atom. The normalized spacial score (nSPS) is 12.4. The van der Waals surface area contributed by atoms with Gasteiger partial charge in [0.1, 0.15) is 0 Å². The van der Waals surface area contributed by atoms with Crippen molar-refractivity contribution in [1.82, 2.24) is 4.31 Å². The molecular formula is C4H10ClNO3S. The molecule has 0 aromatic rings. The Bertz CT molecular complexity index is 179. The van der Waals surface area contributed by atoms with Gasteiger partial charge in [-0.15, -0.1) is 11.6 Å². The highest BCUT2D eigenvalue weighted by Gasteiger charge is 2.15. The van der Waals surface area contributed by atoms with Crippen molar-refractivity contribution in [2.45, 2.75) is 13.3 Å². The van der Waals surface area contributed by atoms with Gasteiger partial charge >= 0.3 is 10.3 Å². The zero-order valence-corrected chi connectivity index (χ0v) is 7.19. The van der Waals surface area contributed by atoms with E-state index in [1.807, 2.05) is 0 Å². The molecule has 1 N–H and O–H groups in total. The van der Waals surface area contributed by atoms with Crippen molar-refractivity contribution in [2.75, 3.05) is 12.5 Å². The largest absolute Gasteiger partial charge is 0.337 e. The lowest BCUT2D eigenvalue weighted by molar-refractivity contribution is 0.378. The van der Waals surface area contributed by atoms with E-state index in [9.17, 15) is 8.42 Å². The fourth-order valence-corrected chi connectivity index (χ4v) is 1.51. The van der Waals surface area contributed by atoms with Crippen molar-refractivity contribution in [1.29, 1.82) is 0 Å². The van der Waals surface area contributed by atoms with Gasteiger partial charge in [0.2, 0.25) is 0 Å². The smallest absolute Gasteiger partial charge is 0.273 e. The number of alkyl halides is 1. The van der Waals surface area contributed by atoms with Gasteiger partial charge in [-0.25, -0.2) is 0 Å². The van der Waals surface area contributed by atoms with Gasteiger partial charge in [0, 0.05) is 6.54 Å². The van der Waals surface area contributed by atoms with Crippen molar-refractivity contribution in [3.8, 4) is 0 Å². The van der Waals surface area contributed by atoms with E-state index in [2.05, 4.69) is 0 Å². The second-order valence-corrected chi connectivity index (χ2v) is 3.42. The van der Waals surface area contributed by atoms with Crippen LogP contribution in [0.15, 0.2) is 0 Å². The first-order chi connectivity index (χ1) is 4.52. The van der Waals surface area contributed by atoms with Crippen LogP contribution in [-0.4, -0.2) is 29.8 Å². The van der Waals surface area contributed by atoms with Crippen LogP contribution in [0, 0.1) is 0 Å². The third kappa shape index (κ3) is 3.36. The summed E-state index contributed by atoms with van der Waals surface area (Å²) in [5.41, 5.74) is 0. The van der Waals surface area contributed by atoms with E-state index in [0.29, 0.717) is 6.42 Å². The molecule has 0 aromatic heterocycles. The molecule has 0 atom stereocenters. The average Bonchev–Trinajstić information content (AvgIpc) is 1.80. The second-order valence-electron chi connectivity index (χ2n) is 1.77. The van der Waals surface area contributed by atoms with Crippen LogP contribution in [0.5, 0.6) is 0 Å². The summed E-state index contributed by atoms with van der Waals surface area (Å²) in [6.07, 6.45) is 0.631. The maximum atomic E-state index is 10.3. The molecule has 0 unspecified atom stereocenters. The standard InChI is InChI=1S/C4H10ClNO3S/c1-2-3-6(4-5)10(7,8)9/h2-4H2,1H3,(H,7,8,9). The molecule has 0 radical (unpaired) electrons. The van der Waals surface area contributed by atoms with Crippen LogP contribution < -0.4 is 0 Å². The lowest BCUT2D eigenvalue weighted by Crippen LogP contribution is -2.29. The number of hydrogen-bond donors (Lipinski definition) is 1. The predicted octanol–water partition coefficient (Wildman–Crippen LogP) is 0.698. The molecule has 0 fully saturated rings. The minimum absolute atomic E-state index is 0.202. The van der Waals surface area contributed by atoms with E-state index in [0.717, 1.165) is 4.31 Å². The minimum Gasteiger partial charge on any atom is -0.273 e. The third-order valence-corrected chi connectivity index (χ3v) is 2.33. The molecular weight excluding hydrogens is 178 g/mol. The lowest BCUT2D eigenvalue weighted by atomic mass is 10.5. The van der Waals surface area contributed by atoms with Gasteiger partial charge in [0.25, 0.3) is 0 Å². The Balaban J connectivity index is 4.08. The van der Waals surface area contributed by atoms with Gasteiger partial charge in [0.15, 0.2) is 0 Å². The first-order valence-electron chi connectivity index (χ1n) is 2.81. The molecule has 0 rings (SSSR count). The quantitative estimate of drug-likeness (QED) is 0.401. The van der Waals surface area contributed by atoms with Gasteiger partial charge < -0.3 is 0 Å². The van der Waals surface area contributed by atoms with Crippen LogP contribution in [0.4, 0.5) is 0 Å². The van der Waals surface area contributed by atoms with Crippen LogP contribution in [-0.2, 0) is 10.3 Å². The number of nitrogens with zero attached hydrogens (tertiary/aromatic N) is 1. The van der Waals surface area contributed by atoms with Crippen LogP contribution in [0.1, 0.15) is 13.3 Å². The topological polar surface area (TPSA) is 57.6 Å². The van der Waals surface area contributed by atoms with E-state index in [1.54, 1.807) is 6.92 Å². The van der Waals surface area contributed by atoms with Gasteiger partial charge in [0.05, 0.1) is 6.00 Å². The SMILES string of the molecule is CCCN(CCl)S(=O)(=O)O. The van der Waals surface area contributed by atoms with E-state index in [1.165, 1.54) is 0 Å². The highest BCUT2D eigenvalue weighted by molar-refractivity contribution is 7.83. The van der Waals surface area contributed by atoms with Crippen LogP contribution in [0.2, 0.25) is 0 Å². The molecule has 0 saturated heterocycles. The fourth-order valence-electron chi connectivity index (χ4n) is 0.486. The minimum atomic E-state index is -4.08. The molecule has 0 aliphatic carbocycles. The maximum Gasteiger partial charge on any atom is 0.337 e. The monoisotopic (exact) mass is 187 g/mol. The zero-order valence-electron chi connectivity index (χ0n) is 5.62. The third-order valence-electron chi connectivity index (χ3n) is 0.933. The van der Waals surface area contributed by atoms with Crippen molar-refractivity contribution >= 4 is 21.9 Å². The molecule has 0 heterocycles. The van der Waals surface area contributed by atoms with Gasteiger partial charge in [-0.3, -0.25) is 4.55 Å². The molecule has 0 aliphatic heterocycles. The molecule has 0 aromatic carbocycles. The summed E-state index contributed by atoms with van der Waals surface area (Å²) in [7, 11) is -4.08. The van der Waals surface area contributed by atoms with Crippen molar-refractivity contribution < 1.29 is 13.0 Å². The van der Waals surface area contributed by atoms with Crippen LogP contribution in [0.25, 0.3) is 0 Å². The first kappa shape index (κ1) is 10.2. The number of rotatable bonds is 4. The summed E-state index contributed by atoms with van der Waals surface area (Å²) in [4.78, 5) is 0. The molecule has 10 heavy (non-hydrogen) atoms. The van der Waals surface area contributed by atoms with E-state index >= 15 is 0 Å². The van der Waals surface area contributed by atoms with E-state index in [-0.39, 0.29) is 12.5 Å². The lowest BCUT2D eigenvalue weighted by Gasteiger charge is -2.12. The van der Waals surface area contributed by atoms with Crippen molar-refractivity contribution in [2.24, 2.45) is 0 Å². The molecule has 0 aliphatic rings. The average molecular weight is 188 g/mol. The molecule has 4 nitrogen and oxygen atoms in total. The maximum absolute atomic E-state index is 10.3. The Morgan fingerprint density at radius 3 is 2.20 bits per heavy atom. The Morgan fingerprint density at radius 1 is 1.60 bits per heavy atom. The highest BCUT2D eigenvalue weighted by Crippen LogP contribution is 1.99. The summed E-state index contributed by atoms with van der Waals surface area (Å²) in [6, 6.07) is -0.202. The first-order valence-corrected chi connectivity index (χ1v) is 4.74. The predicted molar refractivity (Wildman–Crippen MR) is 39.3 cm³/mol. The Kier molecular flexibility index (Phi) is 4.19. The molecule has 62 valence electrons. The molecule has 0 spiro atoms. The molecule has 0 saturated carbocycles. The van der Waals surface area contributed by atoms with E-state index in [4.69, 9.17) is 16.2 Å². The summed E-state index contributed by atoms with van der Waals surface area (Å²) in [6.45, 7) is 2.05.